The number of hydrogen-bond acceptors (Lipinski definition) is 2. The van der Waals surface area contributed by atoms with Crippen LogP contribution in [0.4, 0.5) is 10.5 Å². The Hall–Kier alpha value is -2.04. The summed E-state index contributed by atoms with van der Waals surface area (Å²) in [6.45, 7) is 0. The molecule has 0 aliphatic heterocycles. The Morgan fingerprint density at radius 3 is 3.15 bits per heavy atom. The fraction of sp³-hybridized carbons (Fsp3) is 0. The van der Waals surface area contributed by atoms with Crippen LogP contribution in [0.25, 0.3) is 10.9 Å². The molecule has 2 rings (SSSR count). The lowest BCUT2D eigenvalue weighted by Crippen LogP contribution is -2.07. The van der Waals surface area contributed by atoms with Crippen molar-refractivity contribution in [3.63, 3.8) is 0 Å². The van der Waals surface area contributed by atoms with Gasteiger partial charge in [0.25, 0.3) is 0 Å². The number of nitrogens with zero attached hydrogens (tertiary/aromatic N) is 1. The quantitative estimate of drug-likeness (QED) is 0.619. The lowest BCUT2D eigenvalue weighted by Gasteiger charge is -2.00. The van der Waals surface area contributed by atoms with Gasteiger partial charge >= 0.3 is 6.09 Å². The number of nitrogens with one attached hydrogen (secondary N) is 2. The second-order valence-electron chi connectivity index (χ2n) is 2.57. The van der Waals surface area contributed by atoms with Crippen LogP contribution in [-0.4, -0.2) is 21.4 Å². The molecular weight excluding hydrogens is 170 g/mol. The minimum absolute atomic E-state index is 0.516. The van der Waals surface area contributed by atoms with Crippen molar-refractivity contribution in [1.82, 2.24) is 10.2 Å². The standard InChI is InChI=1S/C8H7N3O2/c12-8(13)10-6-3-1-2-5-4-9-11-7(5)6/h1-4,10H,(H,9,11)(H,12,13). The van der Waals surface area contributed by atoms with E-state index in [1.54, 1.807) is 18.3 Å². The molecule has 66 valence electrons. The molecule has 2 aromatic rings. The lowest BCUT2D eigenvalue weighted by molar-refractivity contribution is 0.210. The van der Waals surface area contributed by atoms with Gasteiger partial charge in [0.2, 0.25) is 0 Å². The number of para-hydroxylation sites is 1. The van der Waals surface area contributed by atoms with E-state index in [-0.39, 0.29) is 0 Å². The summed E-state index contributed by atoms with van der Waals surface area (Å²) in [5, 5.41) is 18.2. The third-order valence-electron chi connectivity index (χ3n) is 1.72. The summed E-state index contributed by atoms with van der Waals surface area (Å²) in [5.74, 6) is 0. The largest absolute Gasteiger partial charge is 0.465 e. The lowest BCUT2D eigenvalue weighted by atomic mass is 10.2. The van der Waals surface area contributed by atoms with Crippen LogP contribution in [0.3, 0.4) is 0 Å². The van der Waals surface area contributed by atoms with Gasteiger partial charge in [-0.2, -0.15) is 5.10 Å². The molecule has 1 aromatic carbocycles. The number of fused-ring (bicyclic) bond motifs is 1. The molecule has 0 aliphatic carbocycles. The monoisotopic (exact) mass is 177 g/mol. The van der Waals surface area contributed by atoms with Gasteiger partial charge in [0, 0.05) is 5.39 Å². The Morgan fingerprint density at radius 1 is 1.54 bits per heavy atom. The van der Waals surface area contributed by atoms with Crippen LogP contribution in [-0.2, 0) is 0 Å². The molecule has 0 spiro atoms. The third-order valence-corrected chi connectivity index (χ3v) is 1.72. The summed E-state index contributed by atoms with van der Waals surface area (Å²) < 4.78 is 0. The predicted molar refractivity (Wildman–Crippen MR) is 47.7 cm³/mol. The number of hydrogen-bond donors (Lipinski definition) is 3. The molecule has 0 fully saturated rings. The van der Waals surface area contributed by atoms with Crippen molar-refractivity contribution in [2.24, 2.45) is 0 Å². The second-order valence-corrected chi connectivity index (χ2v) is 2.57. The average Bonchev–Trinajstić information content (AvgIpc) is 2.51. The molecule has 5 nitrogen and oxygen atoms in total. The number of rotatable bonds is 1. The number of aromatic amines is 1. The number of amides is 1. The maximum Gasteiger partial charge on any atom is 0.409 e. The van der Waals surface area contributed by atoms with Crippen LogP contribution in [0.1, 0.15) is 0 Å². The highest BCUT2D eigenvalue weighted by molar-refractivity contribution is 5.96. The van der Waals surface area contributed by atoms with E-state index in [9.17, 15) is 4.79 Å². The topological polar surface area (TPSA) is 78.0 Å². The summed E-state index contributed by atoms with van der Waals surface area (Å²) in [4.78, 5) is 10.4. The Bertz CT molecular complexity index is 449. The minimum Gasteiger partial charge on any atom is -0.465 e. The van der Waals surface area contributed by atoms with Crippen molar-refractivity contribution in [1.29, 1.82) is 0 Å². The molecule has 0 radical (unpaired) electrons. The van der Waals surface area contributed by atoms with E-state index in [1.165, 1.54) is 0 Å². The fourth-order valence-electron chi connectivity index (χ4n) is 1.19. The molecule has 0 saturated carbocycles. The number of carbonyl (C=O) groups is 1. The number of H-pyrrole nitrogens is 1. The van der Waals surface area contributed by atoms with Gasteiger partial charge in [-0.25, -0.2) is 4.79 Å². The molecule has 5 heteroatoms. The zero-order chi connectivity index (χ0) is 9.26. The first-order chi connectivity index (χ1) is 6.27. The van der Waals surface area contributed by atoms with Crippen molar-refractivity contribution in [2.45, 2.75) is 0 Å². The first kappa shape index (κ1) is 7.60. The molecule has 3 N–H and O–H groups in total. The molecule has 0 aliphatic rings. The number of anilines is 1. The van der Waals surface area contributed by atoms with Crippen molar-refractivity contribution in [2.75, 3.05) is 5.32 Å². The van der Waals surface area contributed by atoms with Gasteiger partial charge in [-0.15, -0.1) is 0 Å². The highest BCUT2D eigenvalue weighted by atomic mass is 16.4. The van der Waals surface area contributed by atoms with Gasteiger partial charge in [-0.05, 0) is 6.07 Å². The Labute approximate surface area is 73.4 Å². The van der Waals surface area contributed by atoms with Gasteiger partial charge in [0.15, 0.2) is 0 Å². The van der Waals surface area contributed by atoms with Gasteiger partial charge in [0.05, 0.1) is 17.4 Å². The molecular formula is C8H7N3O2. The van der Waals surface area contributed by atoms with E-state index in [0.717, 1.165) is 5.39 Å². The normalized spacial score (nSPS) is 10.2. The molecule has 0 bridgehead atoms. The molecule has 1 aromatic heterocycles. The van der Waals surface area contributed by atoms with Crippen molar-refractivity contribution < 1.29 is 9.90 Å². The van der Waals surface area contributed by atoms with E-state index in [4.69, 9.17) is 5.11 Å². The molecule has 0 atom stereocenters. The second kappa shape index (κ2) is 2.78. The summed E-state index contributed by atoms with van der Waals surface area (Å²) >= 11 is 0. The summed E-state index contributed by atoms with van der Waals surface area (Å²) in [6.07, 6.45) is 0.560. The van der Waals surface area contributed by atoms with Crippen LogP contribution >= 0.6 is 0 Å². The number of carboxylic acid groups (broad SMARTS) is 1. The molecule has 1 amide bonds. The van der Waals surface area contributed by atoms with Gasteiger partial charge in [0.1, 0.15) is 0 Å². The van der Waals surface area contributed by atoms with Gasteiger partial charge < -0.3 is 5.11 Å². The van der Waals surface area contributed by atoms with Crippen molar-refractivity contribution in [3.8, 4) is 0 Å². The summed E-state index contributed by atoms with van der Waals surface area (Å²) in [7, 11) is 0. The first-order valence-electron chi connectivity index (χ1n) is 3.69. The first-order valence-corrected chi connectivity index (χ1v) is 3.69. The Balaban J connectivity index is 2.54. The smallest absolute Gasteiger partial charge is 0.409 e. The highest BCUT2D eigenvalue weighted by Gasteiger charge is 2.03. The SMILES string of the molecule is O=C(O)Nc1cccc2cn[nH]c12. The van der Waals surface area contributed by atoms with E-state index in [1.807, 2.05) is 6.07 Å². The molecule has 0 unspecified atom stereocenters. The van der Waals surface area contributed by atoms with Gasteiger partial charge in [-0.3, -0.25) is 10.4 Å². The predicted octanol–water partition coefficient (Wildman–Crippen LogP) is 1.65. The molecule has 13 heavy (non-hydrogen) atoms. The summed E-state index contributed by atoms with van der Waals surface area (Å²) in [5.41, 5.74) is 1.22. The Kier molecular flexibility index (Phi) is 1.63. The number of benzene rings is 1. The third kappa shape index (κ3) is 1.31. The highest BCUT2D eigenvalue weighted by Crippen LogP contribution is 2.19. The van der Waals surface area contributed by atoms with E-state index < -0.39 is 6.09 Å². The zero-order valence-electron chi connectivity index (χ0n) is 6.61. The molecule has 1 heterocycles. The minimum atomic E-state index is -1.08. The van der Waals surface area contributed by atoms with E-state index in [2.05, 4.69) is 15.5 Å². The van der Waals surface area contributed by atoms with Crippen LogP contribution in [0.5, 0.6) is 0 Å². The van der Waals surface area contributed by atoms with Crippen molar-refractivity contribution >= 4 is 22.7 Å². The van der Waals surface area contributed by atoms with E-state index in [0.29, 0.717) is 11.2 Å². The van der Waals surface area contributed by atoms with Crippen LogP contribution < -0.4 is 5.32 Å². The van der Waals surface area contributed by atoms with E-state index >= 15 is 0 Å². The zero-order valence-corrected chi connectivity index (χ0v) is 6.61. The average molecular weight is 177 g/mol. The van der Waals surface area contributed by atoms with Crippen molar-refractivity contribution in [3.05, 3.63) is 24.4 Å². The van der Waals surface area contributed by atoms with Crippen LogP contribution in [0, 0.1) is 0 Å². The van der Waals surface area contributed by atoms with Gasteiger partial charge in [-0.1, -0.05) is 12.1 Å². The molecule has 0 saturated heterocycles. The fourth-order valence-corrected chi connectivity index (χ4v) is 1.19. The van der Waals surface area contributed by atoms with Crippen LogP contribution in [0.15, 0.2) is 24.4 Å². The van der Waals surface area contributed by atoms with Crippen LogP contribution in [0.2, 0.25) is 0 Å². The number of aromatic nitrogens is 2. The maximum absolute atomic E-state index is 10.4. The Morgan fingerprint density at radius 2 is 2.38 bits per heavy atom. The summed E-state index contributed by atoms with van der Waals surface area (Å²) in [6, 6.07) is 5.30. The maximum atomic E-state index is 10.4.